The van der Waals surface area contributed by atoms with Gasteiger partial charge < -0.3 is 24.2 Å². The number of nitrogens with zero attached hydrogens (tertiary/aromatic N) is 1. The van der Waals surface area contributed by atoms with Crippen LogP contribution < -0.4 is 5.32 Å². The maximum Gasteiger partial charge on any atom is 0.472 e. The molecule has 1 amide bonds. The van der Waals surface area contributed by atoms with Crippen LogP contribution in [0.2, 0.25) is 0 Å². The average molecular weight is 554 g/mol. The molecule has 0 aliphatic heterocycles. The van der Waals surface area contributed by atoms with E-state index in [2.05, 4.69) is 12.2 Å². The fraction of sp³-hybridized carbons (Fsp3) is 0.963. The summed E-state index contributed by atoms with van der Waals surface area (Å²) in [5, 5.41) is 2.53. The molecule has 0 spiro atoms. The van der Waals surface area contributed by atoms with Gasteiger partial charge in [-0.3, -0.25) is 9.05 Å². The molecule has 0 radical (unpaired) electrons. The molecule has 2 N–H and O–H groups in total. The Kier molecular flexibility index (Phi) is 22.8. The minimum absolute atomic E-state index is 0.0131. The average Bonchev–Trinajstić information content (AvgIpc) is 2.81. The third-order valence-electron chi connectivity index (χ3n) is 5.99. The van der Waals surface area contributed by atoms with Gasteiger partial charge >= 0.3 is 13.9 Å². The second kappa shape index (κ2) is 23.2. The molecule has 2 unspecified atom stereocenters. The molecular weight excluding hydrogens is 495 g/mol. The van der Waals surface area contributed by atoms with Crippen LogP contribution in [-0.2, 0) is 23.1 Å². The maximum absolute atomic E-state index is 12.4. The van der Waals surface area contributed by atoms with E-state index in [1.165, 1.54) is 77.0 Å². The molecule has 0 saturated carbocycles. The Morgan fingerprint density at radius 2 is 1.35 bits per heavy atom. The van der Waals surface area contributed by atoms with Gasteiger partial charge in [-0.25, -0.2) is 9.36 Å². The number of unbranched alkanes of at least 4 members (excludes halogenated alkanes) is 13. The van der Waals surface area contributed by atoms with Crippen LogP contribution in [0, 0.1) is 0 Å². The zero-order chi connectivity index (χ0) is 27.8. The molecule has 9 nitrogen and oxygen atoms in total. The first-order valence-corrected chi connectivity index (χ1v) is 16.0. The Morgan fingerprint density at radius 1 is 0.838 bits per heavy atom. The Labute approximate surface area is 227 Å². The van der Waals surface area contributed by atoms with E-state index in [1.807, 2.05) is 21.1 Å². The van der Waals surface area contributed by atoms with Gasteiger partial charge in [0.05, 0.1) is 40.9 Å². The van der Waals surface area contributed by atoms with Crippen molar-refractivity contribution in [3.05, 3.63) is 0 Å². The first-order chi connectivity index (χ1) is 17.6. The van der Waals surface area contributed by atoms with E-state index in [9.17, 15) is 14.3 Å². The van der Waals surface area contributed by atoms with Crippen molar-refractivity contribution < 1.29 is 37.3 Å². The number of hydrogen-bond acceptors (Lipinski definition) is 6. The molecule has 0 aliphatic carbocycles. The zero-order valence-electron chi connectivity index (χ0n) is 24.5. The molecule has 0 aliphatic rings. The molecule has 0 saturated heterocycles. The lowest BCUT2D eigenvalue weighted by molar-refractivity contribution is -0.870. The molecular formula is C27H58N2O7P+. The largest absolute Gasteiger partial charge is 0.472 e. The van der Waals surface area contributed by atoms with Crippen molar-refractivity contribution >= 4 is 13.9 Å². The SMILES string of the molecule is CCCCCCCCCCCCCCCCOCC(CNC(=O)OCC)OP(=O)(O)OCC[N+](C)(C)C. The second-order valence-electron chi connectivity index (χ2n) is 10.8. The number of rotatable bonds is 26. The highest BCUT2D eigenvalue weighted by atomic mass is 31.2. The van der Waals surface area contributed by atoms with Gasteiger partial charge in [0.15, 0.2) is 0 Å². The normalized spacial score (nSPS) is 14.3. The van der Waals surface area contributed by atoms with Gasteiger partial charge in [0.1, 0.15) is 19.3 Å². The lowest BCUT2D eigenvalue weighted by atomic mass is 10.0. The maximum atomic E-state index is 12.4. The molecule has 37 heavy (non-hydrogen) atoms. The van der Waals surface area contributed by atoms with Gasteiger partial charge in [0.25, 0.3) is 0 Å². The summed E-state index contributed by atoms with van der Waals surface area (Å²) in [7, 11) is 1.60. The standard InChI is InChI=1S/C27H57N2O7P/c1-6-8-9-10-11-12-13-14-15-16-17-18-19-20-22-33-25-26(24-28-27(30)34-7-2)36-37(31,32)35-23-21-29(3,4)5/h26H,6-25H2,1-5H3,(H-,28,30,31,32)/p+1. The van der Waals surface area contributed by atoms with Gasteiger partial charge in [-0.2, -0.15) is 0 Å². The molecule has 10 heteroatoms. The number of carbonyl (C=O) groups is 1. The third kappa shape index (κ3) is 26.7. The van der Waals surface area contributed by atoms with Crippen molar-refractivity contribution in [2.75, 3.05) is 60.7 Å². The van der Waals surface area contributed by atoms with Gasteiger partial charge in [0, 0.05) is 6.61 Å². The zero-order valence-corrected chi connectivity index (χ0v) is 25.4. The predicted molar refractivity (Wildman–Crippen MR) is 150 cm³/mol. The third-order valence-corrected chi connectivity index (χ3v) is 7.07. The summed E-state index contributed by atoms with van der Waals surface area (Å²) in [6, 6.07) is 0. The van der Waals surface area contributed by atoms with E-state index in [-0.39, 0.29) is 26.4 Å². The van der Waals surface area contributed by atoms with E-state index < -0.39 is 20.0 Å². The Bertz CT molecular complexity index is 588. The summed E-state index contributed by atoms with van der Waals surface area (Å²) in [5.41, 5.74) is 0. The summed E-state index contributed by atoms with van der Waals surface area (Å²) in [5.74, 6) is 0. The Morgan fingerprint density at radius 3 is 1.84 bits per heavy atom. The van der Waals surface area contributed by atoms with Crippen molar-refractivity contribution in [3.63, 3.8) is 0 Å². The molecule has 0 heterocycles. The van der Waals surface area contributed by atoms with Crippen molar-refractivity contribution in [1.82, 2.24) is 5.32 Å². The van der Waals surface area contributed by atoms with Crippen LogP contribution in [0.5, 0.6) is 0 Å². The number of ether oxygens (including phenoxy) is 2. The van der Waals surface area contributed by atoms with E-state index in [0.717, 1.165) is 12.8 Å². The smallest absolute Gasteiger partial charge is 0.450 e. The van der Waals surface area contributed by atoms with Crippen LogP contribution in [0.25, 0.3) is 0 Å². The minimum Gasteiger partial charge on any atom is -0.450 e. The van der Waals surface area contributed by atoms with Crippen molar-refractivity contribution in [3.8, 4) is 0 Å². The van der Waals surface area contributed by atoms with Crippen LogP contribution in [0.4, 0.5) is 4.79 Å². The van der Waals surface area contributed by atoms with Crippen molar-refractivity contribution in [2.45, 2.75) is 110 Å². The first kappa shape index (κ1) is 36.3. The second-order valence-corrected chi connectivity index (χ2v) is 12.2. The lowest BCUT2D eigenvalue weighted by Gasteiger charge is -2.25. The number of alkyl carbamates (subject to hydrolysis) is 1. The van der Waals surface area contributed by atoms with Gasteiger partial charge in [0.2, 0.25) is 0 Å². The Balaban J connectivity index is 4.02. The number of quaternary nitrogens is 1. The van der Waals surface area contributed by atoms with E-state index in [4.69, 9.17) is 18.5 Å². The number of phosphoric ester groups is 1. The van der Waals surface area contributed by atoms with Crippen LogP contribution in [0.3, 0.4) is 0 Å². The quantitative estimate of drug-likeness (QED) is 0.0722. The van der Waals surface area contributed by atoms with Crippen molar-refractivity contribution in [1.29, 1.82) is 0 Å². The summed E-state index contributed by atoms with van der Waals surface area (Å²) >= 11 is 0. The summed E-state index contributed by atoms with van der Waals surface area (Å²) in [6.07, 6.45) is 16.6. The number of nitrogens with one attached hydrogen (secondary N) is 1. The molecule has 0 fully saturated rings. The summed E-state index contributed by atoms with van der Waals surface area (Å²) in [4.78, 5) is 21.7. The number of amides is 1. The molecule has 222 valence electrons. The van der Waals surface area contributed by atoms with E-state index >= 15 is 0 Å². The number of likely N-dealkylation sites (N-methyl/N-ethyl adjacent to an activating group) is 1. The van der Waals surface area contributed by atoms with Crippen LogP contribution in [0.15, 0.2) is 0 Å². The van der Waals surface area contributed by atoms with Crippen molar-refractivity contribution in [2.24, 2.45) is 0 Å². The van der Waals surface area contributed by atoms with Gasteiger partial charge in [-0.1, -0.05) is 90.4 Å². The van der Waals surface area contributed by atoms with Gasteiger partial charge in [-0.05, 0) is 13.3 Å². The molecule has 2 atom stereocenters. The topological polar surface area (TPSA) is 103 Å². The Hall–Kier alpha value is -0.700. The fourth-order valence-corrected chi connectivity index (χ4v) is 4.65. The predicted octanol–water partition coefficient (Wildman–Crippen LogP) is 6.44. The van der Waals surface area contributed by atoms with E-state index in [1.54, 1.807) is 6.92 Å². The molecule has 0 aromatic carbocycles. The monoisotopic (exact) mass is 553 g/mol. The number of phosphoric acid groups is 1. The van der Waals surface area contributed by atoms with Crippen LogP contribution >= 0.6 is 7.82 Å². The van der Waals surface area contributed by atoms with Gasteiger partial charge in [-0.15, -0.1) is 0 Å². The lowest BCUT2D eigenvalue weighted by Crippen LogP contribution is -2.38. The van der Waals surface area contributed by atoms with Crippen LogP contribution in [0.1, 0.15) is 104 Å². The summed E-state index contributed by atoms with van der Waals surface area (Å²) < 4.78 is 33.9. The van der Waals surface area contributed by atoms with Crippen LogP contribution in [-0.4, -0.2) is 82.2 Å². The molecule has 0 aromatic heterocycles. The highest BCUT2D eigenvalue weighted by Gasteiger charge is 2.28. The summed E-state index contributed by atoms with van der Waals surface area (Å²) in [6.45, 7) is 5.43. The minimum atomic E-state index is -4.28. The fourth-order valence-electron chi connectivity index (χ4n) is 3.77. The highest BCUT2D eigenvalue weighted by Crippen LogP contribution is 2.44. The number of carbonyl (C=O) groups excluding carboxylic acids is 1. The number of hydrogen-bond donors (Lipinski definition) is 2. The molecule has 0 rings (SSSR count). The molecule has 0 aromatic rings. The molecule has 0 bridgehead atoms. The first-order valence-electron chi connectivity index (χ1n) is 14.5. The highest BCUT2D eigenvalue weighted by molar-refractivity contribution is 7.47. The van der Waals surface area contributed by atoms with E-state index in [0.29, 0.717) is 17.6 Å².